The van der Waals surface area contributed by atoms with Crippen LogP contribution >= 0.6 is 0 Å². The number of nitrogens with zero attached hydrogens (tertiary/aromatic N) is 1. The van der Waals surface area contributed by atoms with Gasteiger partial charge in [0.2, 0.25) is 0 Å². The first-order chi connectivity index (χ1) is 9.09. The SMILES string of the molecule is CCCCCCCCC(N)C(C)(C)N1CCCCC1. The molecule has 0 radical (unpaired) electrons. The molecule has 1 aliphatic heterocycles. The molecule has 2 N–H and O–H groups in total. The highest BCUT2D eigenvalue weighted by molar-refractivity contribution is 4.92. The van der Waals surface area contributed by atoms with Crippen LogP contribution in [0.5, 0.6) is 0 Å². The summed E-state index contributed by atoms with van der Waals surface area (Å²) in [4.78, 5) is 2.62. The maximum Gasteiger partial charge on any atom is 0.0304 e. The third-order valence-electron chi connectivity index (χ3n) is 4.95. The van der Waals surface area contributed by atoms with E-state index in [1.807, 2.05) is 0 Å². The lowest BCUT2D eigenvalue weighted by Crippen LogP contribution is -2.57. The van der Waals surface area contributed by atoms with E-state index >= 15 is 0 Å². The van der Waals surface area contributed by atoms with Gasteiger partial charge in [-0.15, -0.1) is 0 Å². The molecule has 0 aromatic rings. The quantitative estimate of drug-likeness (QED) is 0.631. The van der Waals surface area contributed by atoms with Gasteiger partial charge in [-0.05, 0) is 46.2 Å². The molecule has 0 aliphatic carbocycles. The second kappa shape index (κ2) is 8.97. The summed E-state index contributed by atoms with van der Waals surface area (Å²) in [6.07, 6.45) is 13.5. The Labute approximate surface area is 121 Å². The molecule has 2 heteroatoms. The van der Waals surface area contributed by atoms with E-state index in [1.165, 1.54) is 77.3 Å². The standard InChI is InChI=1S/C17H36N2/c1-4-5-6-7-8-10-13-16(18)17(2,3)19-14-11-9-12-15-19/h16H,4-15,18H2,1-3H3. The predicted molar refractivity (Wildman–Crippen MR) is 85.5 cm³/mol. The predicted octanol–water partition coefficient (Wildman–Crippen LogP) is 4.33. The maximum atomic E-state index is 6.48. The number of hydrogen-bond donors (Lipinski definition) is 1. The first kappa shape index (κ1) is 17.0. The van der Waals surface area contributed by atoms with Crippen molar-refractivity contribution in [1.29, 1.82) is 0 Å². The summed E-state index contributed by atoms with van der Waals surface area (Å²) in [5, 5.41) is 0. The fourth-order valence-electron chi connectivity index (χ4n) is 3.20. The zero-order valence-electron chi connectivity index (χ0n) is 13.6. The lowest BCUT2D eigenvalue weighted by atomic mass is 9.87. The van der Waals surface area contributed by atoms with Crippen LogP contribution in [0, 0.1) is 0 Å². The fourth-order valence-corrected chi connectivity index (χ4v) is 3.20. The van der Waals surface area contributed by atoms with E-state index in [4.69, 9.17) is 5.73 Å². The van der Waals surface area contributed by atoms with Gasteiger partial charge in [0.1, 0.15) is 0 Å². The van der Waals surface area contributed by atoms with Crippen molar-refractivity contribution in [3.8, 4) is 0 Å². The van der Waals surface area contributed by atoms with Crippen molar-refractivity contribution < 1.29 is 0 Å². The van der Waals surface area contributed by atoms with Crippen LogP contribution in [0.4, 0.5) is 0 Å². The van der Waals surface area contributed by atoms with Crippen LogP contribution in [0.1, 0.15) is 85.0 Å². The van der Waals surface area contributed by atoms with E-state index in [0.717, 1.165) is 0 Å². The highest BCUT2D eigenvalue weighted by Crippen LogP contribution is 2.25. The van der Waals surface area contributed by atoms with Gasteiger partial charge in [0.15, 0.2) is 0 Å². The van der Waals surface area contributed by atoms with Gasteiger partial charge >= 0.3 is 0 Å². The molecule has 1 unspecified atom stereocenters. The summed E-state index contributed by atoms with van der Waals surface area (Å²) in [5.41, 5.74) is 6.67. The number of hydrogen-bond acceptors (Lipinski definition) is 2. The molecule has 0 aromatic heterocycles. The number of unbranched alkanes of at least 4 members (excludes halogenated alkanes) is 5. The Hall–Kier alpha value is -0.0800. The monoisotopic (exact) mass is 268 g/mol. The average Bonchev–Trinajstić information content (AvgIpc) is 2.43. The van der Waals surface area contributed by atoms with Crippen LogP contribution < -0.4 is 5.73 Å². The van der Waals surface area contributed by atoms with Crippen LogP contribution in [-0.4, -0.2) is 29.6 Å². The first-order valence-electron chi connectivity index (χ1n) is 8.59. The van der Waals surface area contributed by atoms with Crippen molar-refractivity contribution >= 4 is 0 Å². The first-order valence-corrected chi connectivity index (χ1v) is 8.59. The molecular weight excluding hydrogens is 232 g/mol. The minimum absolute atomic E-state index is 0.184. The van der Waals surface area contributed by atoms with Crippen molar-refractivity contribution in [2.45, 2.75) is 96.6 Å². The Morgan fingerprint density at radius 2 is 1.53 bits per heavy atom. The Bertz CT molecular complexity index is 219. The van der Waals surface area contributed by atoms with Crippen molar-refractivity contribution in [2.24, 2.45) is 5.73 Å². The van der Waals surface area contributed by atoms with Gasteiger partial charge in [-0.2, -0.15) is 0 Å². The third kappa shape index (κ3) is 5.83. The number of likely N-dealkylation sites (tertiary alicyclic amines) is 1. The zero-order valence-corrected chi connectivity index (χ0v) is 13.6. The van der Waals surface area contributed by atoms with Crippen molar-refractivity contribution in [1.82, 2.24) is 4.90 Å². The number of rotatable bonds is 9. The molecule has 0 aromatic carbocycles. The second-order valence-electron chi connectivity index (χ2n) is 6.86. The van der Waals surface area contributed by atoms with E-state index in [1.54, 1.807) is 0 Å². The second-order valence-corrected chi connectivity index (χ2v) is 6.86. The van der Waals surface area contributed by atoms with E-state index < -0.39 is 0 Å². The molecule has 2 nitrogen and oxygen atoms in total. The van der Waals surface area contributed by atoms with Gasteiger partial charge in [0.25, 0.3) is 0 Å². The lowest BCUT2D eigenvalue weighted by Gasteiger charge is -2.44. The third-order valence-corrected chi connectivity index (χ3v) is 4.95. The lowest BCUT2D eigenvalue weighted by molar-refractivity contribution is 0.0698. The van der Waals surface area contributed by atoms with Gasteiger partial charge in [-0.3, -0.25) is 4.90 Å². The molecule has 0 saturated carbocycles. The number of piperidine rings is 1. The van der Waals surface area contributed by atoms with Crippen LogP contribution in [0.3, 0.4) is 0 Å². The molecule has 1 heterocycles. The highest BCUT2D eigenvalue weighted by atomic mass is 15.2. The Morgan fingerprint density at radius 3 is 2.16 bits per heavy atom. The van der Waals surface area contributed by atoms with Crippen LogP contribution in [0.25, 0.3) is 0 Å². The summed E-state index contributed by atoms with van der Waals surface area (Å²) < 4.78 is 0. The molecule has 0 spiro atoms. The van der Waals surface area contributed by atoms with Gasteiger partial charge in [-0.25, -0.2) is 0 Å². The topological polar surface area (TPSA) is 29.3 Å². The molecule has 19 heavy (non-hydrogen) atoms. The molecule has 0 bridgehead atoms. The van der Waals surface area contributed by atoms with E-state index in [9.17, 15) is 0 Å². The minimum atomic E-state index is 0.184. The van der Waals surface area contributed by atoms with E-state index in [0.29, 0.717) is 6.04 Å². The summed E-state index contributed by atoms with van der Waals surface area (Å²) in [7, 11) is 0. The fraction of sp³-hybridized carbons (Fsp3) is 1.00. The van der Waals surface area contributed by atoms with E-state index in [-0.39, 0.29) is 5.54 Å². The molecule has 0 amide bonds. The molecule has 1 fully saturated rings. The van der Waals surface area contributed by atoms with Crippen LogP contribution in [0.2, 0.25) is 0 Å². The van der Waals surface area contributed by atoms with Crippen molar-refractivity contribution in [2.75, 3.05) is 13.1 Å². The minimum Gasteiger partial charge on any atom is -0.326 e. The van der Waals surface area contributed by atoms with Crippen LogP contribution in [-0.2, 0) is 0 Å². The molecule has 1 aliphatic rings. The molecule has 1 atom stereocenters. The Balaban J connectivity index is 2.20. The van der Waals surface area contributed by atoms with Crippen molar-refractivity contribution in [3.63, 3.8) is 0 Å². The number of nitrogens with two attached hydrogens (primary N) is 1. The smallest absolute Gasteiger partial charge is 0.0304 e. The van der Waals surface area contributed by atoms with Gasteiger partial charge < -0.3 is 5.73 Å². The van der Waals surface area contributed by atoms with Crippen LogP contribution in [0.15, 0.2) is 0 Å². The molecular formula is C17H36N2. The zero-order chi connectivity index (χ0) is 14.1. The van der Waals surface area contributed by atoms with Crippen molar-refractivity contribution in [3.05, 3.63) is 0 Å². The Morgan fingerprint density at radius 1 is 0.947 bits per heavy atom. The Kier molecular flexibility index (Phi) is 8.01. The summed E-state index contributed by atoms with van der Waals surface area (Å²) >= 11 is 0. The summed E-state index contributed by atoms with van der Waals surface area (Å²) in [6.45, 7) is 9.46. The highest BCUT2D eigenvalue weighted by Gasteiger charge is 2.33. The van der Waals surface area contributed by atoms with E-state index in [2.05, 4.69) is 25.7 Å². The largest absolute Gasteiger partial charge is 0.326 e. The van der Waals surface area contributed by atoms with Gasteiger partial charge in [-0.1, -0.05) is 51.9 Å². The maximum absolute atomic E-state index is 6.48. The molecule has 1 rings (SSSR count). The molecule has 114 valence electrons. The normalized spacial score (nSPS) is 19.6. The molecule has 1 saturated heterocycles. The van der Waals surface area contributed by atoms with Gasteiger partial charge in [0, 0.05) is 11.6 Å². The summed E-state index contributed by atoms with van der Waals surface area (Å²) in [6, 6.07) is 0.330. The average molecular weight is 268 g/mol. The summed E-state index contributed by atoms with van der Waals surface area (Å²) in [5.74, 6) is 0. The van der Waals surface area contributed by atoms with Gasteiger partial charge in [0.05, 0.1) is 0 Å².